The quantitative estimate of drug-likeness (QED) is 0.719. The van der Waals surface area contributed by atoms with Gasteiger partial charge in [0.05, 0.1) is 0 Å². The Morgan fingerprint density at radius 2 is 1.86 bits per heavy atom. The van der Waals surface area contributed by atoms with Crippen LogP contribution in [0, 0.1) is 22.7 Å². The first-order chi connectivity index (χ1) is 6.80. The van der Waals surface area contributed by atoms with Crippen LogP contribution in [0.15, 0.2) is 6.07 Å². The normalized spacial score (nSPS) is 7.50. The molecular formula is C9H11N5. The van der Waals surface area contributed by atoms with E-state index in [0.29, 0.717) is 5.82 Å². The van der Waals surface area contributed by atoms with E-state index in [1.165, 1.54) is 6.07 Å². The molecule has 0 aliphatic heterocycles. The fourth-order valence-corrected chi connectivity index (χ4v) is 0.683. The van der Waals surface area contributed by atoms with E-state index in [4.69, 9.17) is 10.5 Å². The van der Waals surface area contributed by atoms with Crippen LogP contribution in [0.2, 0.25) is 0 Å². The summed E-state index contributed by atoms with van der Waals surface area (Å²) in [5.41, 5.74) is 0.186. The van der Waals surface area contributed by atoms with Crippen LogP contribution in [0.1, 0.15) is 25.4 Å². The Morgan fingerprint density at radius 1 is 1.21 bits per heavy atom. The third kappa shape index (κ3) is 3.08. The monoisotopic (exact) mass is 189 g/mol. The first kappa shape index (κ1) is 11.9. The van der Waals surface area contributed by atoms with Crippen molar-refractivity contribution >= 4 is 5.82 Å². The smallest absolute Gasteiger partial charge is 0.235 e. The first-order valence-electron chi connectivity index (χ1n) is 4.17. The summed E-state index contributed by atoms with van der Waals surface area (Å²) in [6.07, 6.45) is 0. The molecule has 1 N–H and O–H groups in total. The number of nitrogens with one attached hydrogen (secondary N) is 1. The number of aromatic nitrogens is 2. The van der Waals surface area contributed by atoms with Gasteiger partial charge in [0.15, 0.2) is 0 Å². The molecule has 0 unspecified atom stereocenters. The van der Waals surface area contributed by atoms with E-state index < -0.39 is 0 Å². The maximum atomic E-state index is 8.50. The van der Waals surface area contributed by atoms with E-state index in [9.17, 15) is 0 Å². The highest BCUT2D eigenvalue weighted by Crippen LogP contribution is 2.03. The lowest BCUT2D eigenvalue weighted by molar-refractivity contribution is 1.09. The van der Waals surface area contributed by atoms with Crippen molar-refractivity contribution in [3.63, 3.8) is 0 Å². The number of rotatable bonds is 1. The van der Waals surface area contributed by atoms with Crippen molar-refractivity contribution < 1.29 is 0 Å². The Hall–Kier alpha value is -2.14. The summed E-state index contributed by atoms with van der Waals surface area (Å²) in [6.45, 7) is 4.00. The Bertz CT molecular complexity index is 340. The zero-order chi connectivity index (χ0) is 11.0. The standard InChI is InChI=1S/C7H5N5.C2H6/c1-10-6-2-5(3-8)11-7(4-9)12-6;1-2/h2H,1H3,(H,10,11,12);1-2H3. The maximum Gasteiger partial charge on any atom is 0.235 e. The van der Waals surface area contributed by atoms with Gasteiger partial charge in [-0.2, -0.15) is 10.5 Å². The van der Waals surface area contributed by atoms with Crippen molar-refractivity contribution in [1.82, 2.24) is 9.97 Å². The van der Waals surface area contributed by atoms with Crippen molar-refractivity contribution in [3.05, 3.63) is 17.6 Å². The molecule has 0 aromatic carbocycles. The molecule has 1 aromatic rings. The SMILES string of the molecule is CC.CNc1cc(C#N)nc(C#N)n1. The van der Waals surface area contributed by atoms with Crippen LogP contribution in [0.25, 0.3) is 0 Å². The third-order valence-corrected chi connectivity index (χ3v) is 1.20. The summed E-state index contributed by atoms with van der Waals surface area (Å²) < 4.78 is 0. The van der Waals surface area contributed by atoms with Gasteiger partial charge in [-0.3, -0.25) is 0 Å². The van der Waals surface area contributed by atoms with E-state index in [2.05, 4.69) is 15.3 Å². The van der Waals surface area contributed by atoms with Crippen LogP contribution in [0.5, 0.6) is 0 Å². The van der Waals surface area contributed by atoms with Crippen LogP contribution < -0.4 is 5.32 Å². The minimum Gasteiger partial charge on any atom is -0.373 e. The molecule has 14 heavy (non-hydrogen) atoms. The Kier molecular flexibility index (Phi) is 5.41. The average Bonchev–Trinajstić information content (AvgIpc) is 2.30. The highest BCUT2D eigenvalue weighted by molar-refractivity contribution is 5.40. The molecule has 0 radical (unpaired) electrons. The lowest BCUT2D eigenvalue weighted by Gasteiger charge is -1.97. The first-order valence-corrected chi connectivity index (χ1v) is 4.17. The van der Waals surface area contributed by atoms with Gasteiger partial charge in [-0.15, -0.1) is 0 Å². The molecule has 0 aliphatic carbocycles. The predicted octanol–water partition coefficient (Wildman–Crippen LogP) is 1.29. The predicted molar refractivity (Wildman–Crippen MR) is 52.4 cm³/mol. The van der Waals surface area contributed by atoms with Crippen molar-refractivity contribution in [2.24, 2.45) is 0 Å². The van der Waals surface area contributed by atoms with Gasteiger partial charge in [-0.1, -0.05) is 13.8 Å². The van der Waals surface area contributed by atoms with Crippen molar-refractivity contribution in [3.8, 4) is 12.1 Å². The highest BCUT2D eigenvalue weighted by Gasteiger charge is 2.00. The molecule has 0 saturated heterocycles. The van der Waals surface area contributed by atoms with Crippen molar-refractivity contribution in [2.45, 2.75) is 13.8 Å². The minimum absolute atomic E-state index is 0.00148. The summed E-state index contributed by atoms with van der Waals surface area (Å²) in [5, 5.41) is 19.7. The topological polar surface area (TPSA) is 85.4 Å². The molecule has 5 nitrogen and oxygen atoms in total. The van der Waals surface area contributed by atoms with E-state index in [1.807, 2.05) is 19.9 Å². The molecule has 72 valence electrons. The van der Waals surface area contributed by atoms with Crippen LogP contribution in [0.3, 0.4) is 0 Å². The summed E-state index contributed by atoms with van der Waals surface area (Å²) in [7, 11) is 1.66. The molecule has 1 rings (SSSR count). The molecule has 0 atom stereocenters. The summed E-state index contributed by atoms with van der Waals surface area (Å²) in [6, 6.07) is 5.07. The van der Waals surface area contributed by atoms with Gasteiger partial charge in [0.25, 0.3) is 0 Å². The number of nitriles is 2. The Balaban J connectivity index is 0.000000791. The fraction of sp³-hybridized carbons (Fsp3) is 0.333. The molecular weight excluding hydrogens is 178 g/mol. The molecule has 0 bridgehead atoms. The third-order valence-electron chi connectivity index (χ3n) is 1.20. The summed E-state index contributed by atoms with van der Waals surface area (Å²) in [4.78, 5) is 7.43. The van der Waals surface area contributed by atoms with Crippen LogP contribution in [-0.4, -0.2) is 17.0 Å². The minimum atomic E-state index is -0.00148. The molecule has 5 heteroatoms. The number of anilines is 1. The molecule has 0 fully saturated rings. The van der Waals surface area contributed by atoms with Crippen LogP contribution >= 0.6 is 0 Å². The van der Waals surface area contributed by atoms with Gasteiger partial charge in [-0.25, -0.2) is 9.97 Å². The van der Waals surface area contributed by atoms with E-state index in [0.717, 1.165) is 0 Å². The lowest BCUT2D eigenvalue weighted by Crippen LogP contribution is -1.98. The van der Waals surface area contributed by atoms with Gasteiger partial charge < -0.3 is 5.32 Å². The molecule has 0 amide bonds. The van der Waals surface area contributed by atoms with Crippen molar-refractivity contribution in [2.75, 3.05) is 12.4 Å². The second-order valence-corrected chi connectivity index (χ2v) is 1.94. The average molecular weight is 189 g/mol. The van der Waals surface area contributed by atoms with Crippen LogP contribution in [-0.2, 0) is 0 Å². The molecule has 0 saturated carbocycles. The Labute approximate surface area is 83.0 Å². The molecule has 0 spiro atoms. The molecule has 1 aromatic heterocycles. The second kappa shape index (κ2) is 6.38. The van der Waals surface area contributed by atoms with Crippen LogP contribution in [0.4, 0.5) is 5.82 Å². The van der Waals surface area contributed by atoms with E-state index in [-0.39, 0.29) is 11.5 Å². The van der Waals surface area contributed by atoms with Gasteiger partial charge in [0.2, 0.25) is 5.82 Å². The van der Waals surface area contributed by atoms with Crippen molar-refractivity contribution in [1.29, 1.82) is 10.5 Å². The molecule has 0 aliphatic rings. The maximum absolute atomic E-state index is 8.50. The van der Waals surface area contributed by atoms with Gasteiger partial charge in [0, 0.05) is 13.1 Å². The Morgan fingerprint density at radius 3 is 2.29 bits per heavy atom. The fourth-order valence-electron chi connectivity index (χ4n) is 0.683. The lowest BCUT2D eigenvalue weighted by atomic mass is 10.4. The van der Waals surface area contributed by atoms with Gasteiger partial charge in [0.1, 0.15) is 23.7 Å². The van der Waals surface area contributed by atoms with E-state index >= 15 is 0 Å². The van der Waals surface area contributed by atoms with Gasteiger partial charge >= 0.3 is 0 Å². The number of nitrogens with zero attached hydrogens (tertiary/aromatic N) is 4. The number of hydrogen-bond donors (Lipinski definition) is 1. The zero-order valence-electron chi connectivity index (χ0n) is 8.37. The number of hydrogen-bond acceptors (Lipinski definition) is 5. The zero-order valence-corrected chi connectivity index (χ0v) is 8.37. The van der Waals surface area contributed by atoms with E-state index in [1.54, 1.807) is 13.1 Å². The second-order valence-electron chi connectivity index (χ2n) is 1.94. The molecule has 1 heterocycles. The summed E-state index contributed by atoms with van der Waals surface area (Å²) in [5.74, 6) is 0.469. The largest absolute Gasteiger partial charge is 0.373 e. The summed E-state index contributed by atoms with van der Waals surface area (Å²) >= 11 is 0. The highest BCUT2D eigenvalue weighted by atomic mass is 15.0. The van der Waals surface area contributed by atoms with Gasteiger partial charge in [-0.05, 0) is 0 Å².